The first-order chi connectivity index (χ1) is 15.3. The quantitative estimate of drug-likeness (QED) is 0.633. The summed E-state index contributed by atoms with van der Waals surface area (Å²) in [6.07, 6.45) is 3.71. The van der Waals surface area contributed by atoms with Crippen LogP contribution in [-0.2, 0) is 26.0 Å². The number of aryl methyl sites for hydroxylation is 1. The molecule has 0 radical (unpaired) electrons. The Morgan fingerprint density at radius 2 is 1.72 bits per heavy atom. The van der Waals surface area contributed by atoms with Crippen LogP contribution in [0.3, 0.4) is 0 Å². The third kappa shape index (κ3) is 6.40. The summed E-state index contributed by atoms with van der Waals surface area (Å²) in [5, 5.41) is 5.71. The Balaban J connectivity index is 1.53. The number of sulfonamides is 1. The number of nitrogens with zero attached hydrogens (tertiary/aromatic N) is 1. The second-order valence-electron chi connectivity index (χ2n) is 8.20. The molecule has 1 aliphatic heterocycles. The van der Waals surface area contributed by atoms with Gasteiger partial charge in [-0.15, -0.1) is 0 Å². The van der Waals surface area contributed by atoms with Crippen molar-refractivity contribution in [2.45, 2.75) is 56.9 Å². The molecule has 2 aromatic carbocycles. The summed E-state index contributed by atoms with van der Waals surface area (Å²) < 4.78 is 27.0. The second kappa shape index (κ2) is 10.7. The maximum absolute atomic E-state index is 12.7. The van der Waals surface area contributed by atoms with E-state index in [1.165, 1.54) is 6.92 Å². The molecule has 0 aliphatic carbocycles. The van der Waals surface area contributed by atoms with Crippen molar-refractivity contribution in [2.75, 3.05) is 18.4 Å². The van der Waals surface area contributed by atoms with E-state index in [-0.39, 0.29) is 17.9 Å². The van der Waals surface area contributed by atoms with E-state index in [1.54, 1.807) is 34.6 Å². The maximum Gasteiger partial charge on any atom is 0.243 e. The number of nitrogens with one attached hydrogen (secondary N) is 2. The molecule has 172 valence electrons. The van der Waals surface area contributed by atoms with Crippen LogP contribution in [0.2, 0.25) is 0 Å². The summed E-state index contributed by atoms with van der Waals surface area (Å²) in [7, 11) is -3.44. The fraction of sp³-hybridized carbons (Fsp3) is 0.417. The van der Waals surface area contributed by atoms with Gasteiger partial charge >= 0.3 is 0 Å². The van der Waals surface area contributed by atoms with Crippen molar-refractivity contribution >= 4 is 27.5 Å². The Bertz CT molecular complexity index is 1050. The number of piperidine rings is 1. The van der Waals surface area contributed by atoms with E-state index in [9.17, 15) is 18.0 Å². The van der Waals surface area contributed by atoms with Gasteiger partial charge in [0.25, 0.3) is 0 Å². The Morgan fingerprint density at radius 1 is 1.03 bits per heavy atom. The monoisotopic (exact) mass is 457 g/mol. The third-order valence-electron chi connectivity index (χ3n) is 5.60. The Kier molecular flexibility index (Phi) is 8.04. The lowest BCUT2D eigenvalue weighted by molar-refractivity contribution is -0.121. The van der Waals surface area contributed by atoms with Crippen LogP contribution >= 0.6 is 0 Å². The van der Waals surface area contributed by atoms with Crippen LogP contribution < -0.4 is 10.6 Å². The molecular weight excluding hydrogens is 426 g/mol. The lowest BCUT2D eigenvalue weighted by Gasteiger charge is -2.25. The minimum absolute atomic E-state index is 0.0903. The lowest BCUT2D eigenvalue weighted by atomic mass is 10.1. The largest absolute Gasteiger partial charge is 0.350 e. The zero-order valence-corrected chi connectivity index (χ0v) is 19.5. The number of carbonyl (C=O) groups is 2. The number of carbonyl (C=O) groups excluding carboxylic acids is 2. The molecule has 0 aromatic heterocycles. The highest BCUT2D eigenvalue weighted by atomic mass is 32.2. The van der Waals surface area contributed by atoms with Gasteiger partial charge in [0.15, 0.2) is 0 Å². The summed E-state index contributed by atoms with van der Waals surface area (Å²) in [4.78, 5) is 23.9. The molecule has 8 heteroatoms. The molecule has 1 heterocycles. The van der Waals surface area contributed by atoms with Crippen molar-refractivity contribution in [3.63, 3.8) is 0 Å². The summed E-state index contributed by atoms with van der Waals surface area (Å²) >= 11 is 0. The minimum Gasteiger partial charge on any atom is -0.350 e. The third-order valence-corrected chi connectivity index (χ3v) is 7.51. The van der Waals surface area contributed by atoms with E-state index in [0.717, 1.165) is 30.4 Å². The highest BCUT2D eigenvalue weighted by Gasteiger charge is 2.25. The SMILES string of the molecule is CC(=O)Nc1cccc(C(C)NC(=O)CCc2ccc(S(=O)(=O)N3CCCCC3)cc2)c1. The van der Waals surface area contributed by atoms with Gasteiger partial charge in [0.05, 0.1) is 10.9 Å². The highest BCUT2D eigenvalue weighted by Crippen LogP contribution is 2.21. The van der Waals surface area contributed by atoms with Gasteiger partial charge in [0, 0.05) is 32.1 Å². The highest BCUT2D eigenvalue weighted by molar-refractivity contribution is 7.89. The van der Waals surface area contributed by atoms with E-state index < -0.39 is 10.0 Å². The summed E-state index contributed by atoms with van der Waals surface area (Å²) in [5.41, 5.74) is 2.51. The topological polar surface area (TPSA) is 95.6 Å². The molecule has 0 spiro atoms. The molecule has 7 nitrogen and oxygen atoms in total. The number of benzene rings is 2. The predicted octanol–water partition coefficient (Wildman–Crippen LogP) is 3.63. The molecular formula is C24H31N3O4S. The van der Waals surface area contributed by atoms with Crippen molar-refractivity contribution in [2.24, 2.45) is 0 Å². The molecule has 2 amide bonds. The smallest absolute Gasteiger partial charge is 0.243 e. The fourth-order valence-corrected chi connectivity index (χ4v) is 5.34. The molecule has 1 atom stereocenters. The summed E-state index contributed by atoms with van der Waals surface area (Å²) in [5.74, 6) is -0.235. The minimum atomic E-state index is -3.44. The van der Waals surface area contributed by atoms with Crippen LogP contribution in [0.25, 0.3) is 0 Å². The zero-order valence-electron chi connectivity index (χ0n) is 18.6. The Labute approximate surface area is 190 Å². The molecule has 0 bridgehead atoms. The molecule has 1 unspecified atom stereocenters. The van der Waals surface area contributed by atoms with Crippen LogP contribution in [0.5, 0.6) is 0 Å². The van der Waals surface area contributed by atoms with Crippen molar-refractivity contribution in [1.82, 2.24) is 9.62 Å². The second-order valence-corrected chi connectivity index (χ2v) is 10.1. The molecule has 1 saturated heterocycles. The number of hydrogen-bond donors (Lipinski definition) is 2. The molecule has 3 rings (SSSR count). The average molecular weight is 458 g/mol. The van der Waals surface area contributed by atoms with Crippen molar-refractivity contribution in [3.8, 4) is 0 Å². The maximum atomic E-state index is 12.7. The van der Waals surface area contributed by atoms with Crippen molar-refractivity contribution in [3.05, 3.63) is 59.7 Å². The lowest BCUT2D eigenvalue weighted by Crippen LogP contribution is -2.35. The molecule has 1 aliphatic rings. The van der Waals surface area contributed by atoms with Crippen LogP contribution in [0.4, 0.5) is 5.69 Å². The van der Waals surface area contributed by atoms with E-state index in [1.807, 2.05) is 25.1 Å². The first-order valence-electron chi connectivity index (χ1n) is 11.0. The fourth-order valence-electron chi connectivity index (χ4n) is 3.83. The number of hydrogen-bond acceptors (Lipinski definition) is 4. The first kappa shape index (κ1) is 23.9. The van der Waals surface area contributed by atoms with Crippen LogP contribution in [-0.4, -0.2) is 37.6 Å². The van der Waals surface area contributed by atoms with Crippen molar-refractivity contribution < 1.29 is 18.0 Å². The van der Waals surface area contributed by atoms with Gasteiger partial charge in [0.2, 0.25) is 21.8 Å². The Hall–Kier alpha value is -2.71. The van der Waals surface area contributed by atoms with Crippen LogP contribution in [0.1, 0.15) is 56.7 Å². The van der Waals surface area contributed by atoms with E-state index >= 15 is 0 Å². The average Bonchev–Trinajstić information content (AvgIpc) is 2.78. The summed E-state index contributed by atoms with van der Waals surface area (Å²) in [6, 6.07) is 14.0. The van der Waals surface area contributed by atoms with Gasteiger partial charge in [-0.2, -0.15) is 4.31 Å². The van der Waals surface area contributed by atoms with E-state index in [4.69, 9.17) is 0 Å². The molecule has 0 saturated carbocycles. The summed E-state index contributed by atoms with van der Waals surface area (Å²) in [6.45, 7) is 4.50. The van der Waals surface area contributed by atoms with Gasteiger partial charge < -0.3 is 10.6 Å². The molecule has 1 fully saturated rings. The van der Waals surface area contributed by atoms with Gasteiger partial charge in [-0.05, 0) is 61.6 Å². The van der Waals surface area contributed by atoms with Gasteiger partial charge in [-0.1, -0.05) is 30.7 Å². The number of rotatable bonds is 8. The zero-order chi connectivity index (χ0) is 23.1. The molecule has 2 N–H and O–H groups in total. The van der Waals surface area contributed by atoms with Gasteiger partial charge in [0.1, 0.15) is 0 Å². The Morgan fingerprint density at radius 3 is 2.38 bits per heavy atom. The number of anilines is 1. The number of amides is 2. The van der Waals surface area contributed by atoms with Crippen LogP contribution in [0, 0.1) is 0 Å². The molecule has 32 heavy (non-hydrogen) atoms. The van der Waals surface area contributed by atoms with E-state index in [0.29, 0.717) is 36.5 Å². The normalized spacial score (nSPS) is 15.7. The molecule has 2 aromatic rings. The van der Waals surface area contributed by atoms with Gasteiger partial charge in [-0.25, -0.2) is 8.42 Å². The van der Waals surface area contributed by atoms with Gasteiger partial charge in [-0.3, -0.25) is 9.59 Å². The first-order valence-corrected chi connectivity index (χ1v) is 12.5. The standard InChI is InChI=1S/C24H31N3O4S/c1-18(21-7-6-8-22(17-21)26-19(2)28)25-24(29)14-11-20-9-12-23(13-10-20)32(30,31)27-15-4-3-5-16-27/h6-10,12-13,17-18H,3-5,11,14-16H2,1-2H3,(H,25,29)(H,26,28). The van der Waals surface area contributed by atoms with Crippen molar-refractivity contribution in [1.29, 1.82) is 0 Å². The van der Waals surface area contributed by atoms with E-state index in [2.05, 4.69) is 10.6 Å². The van der Waals surface area contributed by atoms with Crippen LogP contribution in [0.15, 0.2) is 53.4 Å². The predicted molar refractivity (Wildman–Crippen MR) is 125 cm³/mol.